The second-order valence-electron chi connectivity index (χ2n) is 4.12. The van der Waals surface area contributed by atoms with Crippen LogP contribution in [0, 0.1) is 0 Å². The van der Waals surface area contributed by atoms with Crippen molar-refractivity contribution in [3.05, 3.63) is 23.8 Å². The highest BCUT2D eigenvalue weighted by Gasteiger charge is 2.24. The number of piperidine rings is 1. The molecule has 2 aliphatic rings. The number of rotatable bonds is 1. The highest BCUT2D eigenvalue weighted by atomic mass is 16.6. The third kappa shape index (κ3) is 1.58. The van der Waals surface area contributed by atoms with Crippen LogP contribution in [0.25, 0.3) is 0 Å². The monoisotopic (exact) mass is 203 g/mol. The molecule has 1 amide bonds. The van der Waals surface area contributed by atoms with Crippen molar-refractivity contribution in [3.8, 4) is 11.5 Å². The predicted octanol–water partition coefficient (Wildman–Crippen LogP) is 2.42. The van der Waals surface area contributed by atoms with Gasteiger partial charge in [0.15, 0.2) is 11.5 Å². The Kier molecular flexibility index (Phi) is 1.91. The Morgan fingerprint density at radius 3 is 2.67 bits per heavy atom. The molecule has 1 fully saturated rings. The zero-order chi connectivity index (χ0) is 10.3. The van der Waals surface area contributed by atoms with Crippen LogP contribution in [0.5, 0.6) is 11.5 Å². The van der Waals surface area contributed by atoms with E-state index in [1.165, 1.54) is 6.42 Å². The average molecular weight is 203 g/mol. The van der Waals surface area contributed by atoms with Crippen molar-refractivity contribution in [1.29, 1.82) is 0 Å². The molecule has 0 N–H and O–H groups in total. The van der Waals surface area contributed by atoms with Crippen LogP contribution in [0.2, 0.25) is 0 Å². The quantitative estimate of drug-likeness (QED) is 0.667. The fourth-order valence-electron chi connectivity index (χ4n) is 2.08. The van der Waals surface area contributed by atoms with Gasteiger partial charge < -0.3 is 9.64 Å². The molecule has 3 heteroatoms. The smallest absolute Gasteiger partial charge is 0.253 e. The summed E-state index contributed by atoms with van der Waals surface area (Å²) in [4.78, 5) is 14.0. The van der Waals surface area contributed by atoms with Crippen molar-refractivity contribution in [2.75, 3.05) is 13.1 Å². The number of carbonyl (C=O) groups excluding carboxylic acids is 1. The maximum Gasteiger partial charge on any atom is 0.253 e. The summed E-state index contributed by atoms with van der Waals surface area (Å²) in [6, 6.07) is 5.56. The maximum absolute atomic E-state index is 12.0. The van der Waals surface area contributed by atoms with E-state index in [2.05, 4.69) is 0 Å². The highest BCUT2D eigenvalue weighted by molar-refractivity contribution is 5.95. The average Bonchev–Trinajstić information content (AvgIpc) is 3.07. The Bertz CT molecular complexity index is 408. The van der Waals surface area contributed by atoms with Gasteiger partial charge in [-0.05, 0) is 37.5 Å². The minimum Gasteiger partial charge on any atom is -0.449 e. The molecule has 2 heterocycles. The minimum absolute atomic E-state index is 0.146. The first-order valence-electron chi connectivity index (χ1n) is 5.46. The van der Waals surface area contributed by atoms with Gasteiger partial charge in [0.1, 0.15) is 0 Å². The van der Waals surface area contributed by atoms with E-state index in [4.69, 9.17) is 4.74 Å². The van der Waals surface area contributed by atoms with Crippen molar-refractivity contribution in [2.45, 2.75) is 19.3 Å². The van der Waals surface area contributed by atoms with Crippen molar-refractivity contribution in [1.82, 2.24) is 4.90 Å². The molecule has 15 heavy (non-hydrogen) atoms. The van der Waals surface area contributed by atoms with Crippen LogP contribution < -0.4 is 4.74 Å². The normalized spacial score (nSPS) is 18.0. The fourth-order valence-corrected chi connectivity index (χ4v) is 2.08. The van der Waals surface area contributed by atoms with Crippen LogP contribution in [0.3, 0.4) is 0 Å². The lowest BCUT2D eigenvalue weighted by Crippen LogP contribution is -2.35. The van der Waals surface area contributed by atoms with Crippen LogP contribution in [0.1, 0.15) is 29.6 Å². The van der Waals surface area contributed by atoms with Crippen LogP contribution in [-0.2, 0) is 0 Å². The molecule has 1 aromatic carbocycles. The van der Waals surface area contributed by atoms with E-state index < -0.39 is 0 Å². The predicted molar refractivity (Wildman–Crippen MR) is 56.3 cm³/mol. The molecule has 0 bridgehead atoms. The van der Waals surface area contributed by atoms with Gasteiger partial charge in [-0.3, -0.25) is 4.79 Å². The molecule has 1 aromatic rings. The van der Waals surface area contributed by atoms with Gasteiger partial charge in [0.25, 0.3) is 5.91 Å². The first-order chi connectivity index (χ1) is 7.34. The van der Waals surface area contributed by atoms with Crippen LogP contribution >= 0.6 is 0 Å². The summed E-state index contributed by atoms with van der Waals surface area (Å²) in [5.74, 6) is 1.91. The molecule has 78 valence electrons. The first kappa shape index (κ1) is 8.77. The van der Waals surface area contributed by atoms with Gasteiger partial charge in [0.2, 0.25) is 0 Å². The molecule has 2 aliphatic heterocycles. The molecule has 0 aromatic heterocycles. The van der Waals surface area contributed by atoms with Crippen LogP contribution in [0.15, 0.2) is 18.2 Å². The molecule has 0 saturated carbocycles. The third-order valence-electron chi connectivity index (χ3n) is 3.01. The van der Waals surface area contributed by atoms with Crippen molar-refractivity contribution in [3.63, 3.8) is 0 Å². The summed E-state index contributed by atoms with van der Waals surface area (Å²) in [6.45, 7) is 1.80. The van der Waals surface area contributed by atoms with E-state index in [0.29, 0.717) is 0 Å². The number of carbonyl (C=O) groups is 1. The Morgan fingerprint density at radius 1 is 1.13 bits per heavy atom. The minimum atomic E-state index is 0.146. The molecular weight excluding hydrogens is 190 g/mol. The van der Waals surface area contributed by atoms with Gasteiger partial charge in [0, 0.05) is 18.7 Å². The Morgan fingerprint density at radius 2 is 1.93 bits per heavy atom. The molecule has 0 unspecified atom stereocenters. The number of likely N-dealkylation sites (tertiary alicyclic amines) is 1. The van der Waals surface area contributed by atoms with Gasteiger partial charge in [-0.15, -0.1) is 0 Å². The lowest BCUT2D eigenvalue weighted by Gasteiger charge is -2.26. The van der Waals surface area contributed by atoms with E-state index in [-0.39, 0.29) is 5.91 Å². The van der Waals surface area contributed by atoms with Crippen LogP contribution in [0.4, 0.5) is 0 Å². The van der Waals surface area contributed by atoms with E-state index in [9.17, 15) is 4.79 Å². The number of benzene rings is 1. The lowest BCUT2D eigenvalue weighted by molar-refractivity contribution is 0.0724. The Balaban J connectivity index is 1.78. The third-order valence-corrected chi connectivity index (χ3v) is 3.01. The number of fused-ring (bicyclic) bond motifs is 1. The zero-order valence-corrected chi connectivity index (χ0v) is 8.53. The summed E-state index contributed by atoms with van der Waals surface area (Å²) in [7, 11) is 0. The maximum atomic E-state index is 12.0. The van der Waals surface area contributed by atoms with Gasteiger partial charge in [-0.25, -0.2) is 0 Å². The molecule has 0 atom stereocenters. The van der Waals surface area contributed by atoms with Crippen molar-refractivity contribution in [2.24, 2.45) is 0 Å². The second kappa shape index (κ2) is 3.26. The molecule has 3 rings (SSSR count). The van der Waals surface area contributed by atoms with Crippen molar-refractivity contribution < 1.29 is 9.53 Å². The topological polar surface area (TPSA) is 32.8 Å². The summed E-state index contributed by atoms with van der Waals surface area (Å²) in [5.41, 5.74) is 0.758. The van der Waals surface area contributed by atoms with E-state index in [1.54, 1.807) is 0 Å². The summed E-state index contributed by atoms with van der Waals surface area (Å²) < 4.78 is 5.14. The van der Waals surface area contributed by atoms with Gasteiger partial charge in [0.05, 0.1) is 0 Å². The Labute approximate surface area is 88.6 Å². The second-order valence-corrected chi connectivity index (χ2v) is 4.12. The SMILES string of the molecule is O=C(c1ccc2c(c1)O2)N1CCCCC1. The number of amides is 1. The zero-order valence-electron chi connectivity index (χ0n) is 8.53. The molecule has 1 saturated heterocycles. The number of hydrogen-bond acceptors (Lipinski definition) is 2. The number of hydrogen-bond donors (Lipinski definition) is 0. The largest absolute Gasteiger partial charge is 0.449 e. The molecule has 3 nitrogen and oxygen atoms in total. The van der Waals surface area contributed by atoms with Crippen molar-refractivity contribution >= 4 is 5.91 Å². The van der Waals surface area contributed by atoms with E-state index in [0.717, 1.165) is 43.0 Å². The van der Waals surface area contributed by atoms with Gasteiger partial charge in [-0.1, -0.05) is 0 Å². The highest BCUT2D eigenvalue weighted by Crippen LogP contribution is 2.45. The summed E-state index contributed by atoms with van der Waals surface area (Å²) in [5, 5.41) is 0. The number of ether oxygens (including phenoxy) is 1. The summed E-state index contributed by atoms with van der Waals surface area (Å²) >= 11 is 0. The standard InChI is InChI=1S/C12H13NO2/c14-12(13-6-2-1-3-7-13)9-4-5-10-11(8-9)15-10/h4-5,8H,1-3,6-7H2. The first-order valence-corrected chi connectivity index (χ1v) is 5.46. The lowest BCUT2D eigenvalue weighted by atomic mass is 10.1. The molecule has 0 aliphatic carbocycles. The Hall–Kier alpha value is -1.51. The number of nitrogens with zero attached hydrogens (tertiary/aromatic N) is 1. The molecule has 0 radical (unpaired) electrons. The summed E-state index contributed by atoms with van der Waals surface area (Å²) in [6.07, 6.45) is 3.51. The fraction of sp³-hybridized carbons (Fsp3) is 0.417. The molecule has 0 spiro atoms. The van der Waals surface area contributed by atoms with Gasteiger partial charge >= 0.3 is 0 Å². The van der Waals surface area contributed by atoms with E-state index in [1.807, 2.05) is 23.1 Å². The molecular formula is C12H13NO2. The van der Waals surface area contributed by atoms with Gasteiger partial charge in [-0.2, -0.15) is 0 Å². The van der Waals surface area contributed by atoms with E-state index >= 15 is 0 Å². The van der Waals surface area contributed by atoms with Crippen LogP contribution in [-0.4, -0.2) is 23.9 Å².